The number of hydrogen-bond acceptors (Lipinski definition) is 2. The van der Waals surface area contributed by atoms with E-state index in [-0.39, 0.29) is 5.41 Å². The highest BCUT2D eigenvalue weighted by atomic mass is 32.1. The first-order valence-electron chi connectivity index (χ1n) is 4.27. The van der Waals surface area contributed by atoms with Crippen molar-refractivity contribution in [3.05, 3.63) is 16.5 Å². The van der Waals surface area contributed by atoms with Gasteiger partial charge in [0.05, 0.1) is 5.56 Å². The second-order valence-corrected chi connectivity index (χ2v) is 5.10. The van der Waals surface area contributed by atoms with E-state index in [1.54, 1.807) is 11.3 Å². The smallest absolute Gasteiger partial charge is 0.102 e. The summed E-state index contributed by atoms with van der Waals surface area (Å²) in [6, 6.07) is 2.09. The normalized spacial score (nSPS) is 10.8. The third-order valence-corrected chi connectivity index (χ3v) is 3.15. The van der Waals surface area contributed by atoms with Crippen molar-refractivity contribution in [1.29, 1.82) is 0 Å². The molecule has 1 aromatic rings. The average molecular weight is 193 g/mol. The third-order valence-electron chi connectivity index (χ3n) is 1.76. The predicted octanol–water partition coefficient (Wildman–Crippen LogP) is 3.00. The summed E-state index contributed by atoms with van der Waals surface area (Å²) in [6.07, 6.45) is 0. The van der Waals surface area contributed by atoms with E-state index in [1.165, 1.54) is 4.88 Å². The van der Waals surface area contributed by atoms with Gasteiger partial charge in [-0.05, 0) is 18.4 Å². The Kier molecular flexibility index (Phi) is 2.68. The van der Waals surface area contributed by atoms with Gasteiger partial charge in [0.25, 0.3) is 0 Å². The Morgan fingerprint density at radius 1 is 1.38 bits per heavy atom. The van der Waals surface area contributed by atoms with Crippen LogP contribution < -0.4 is 5.73 Å². The predicted molar refractivity (Wildman–Crippen MR) is 60.0 cm³/mol. The molecule has 2 heteroatoms. The molecule has 1 nitrogen and oxygen atoms in total. The first-order valence-corrected chi connectivity index (χ1v) is 5.09. The van der Waals surface area contributed by atoms with Crippen LogP contribution in [0.15, 0.2) is 6.07 Å². The highest BCUT2D eigenvalue weighted by molar-refractivity contribution is 7.16. The molecule has 2 N–H and O–H groups in total. The Morgan fingerprint density at radius 2 is 2.00 bits per heavy atom. The fourth-order valence-electron chi connectivity index (χ4n) is 1.01. The molecule has 1 aromatic heterocycles. The van der Waals surface area contributed by atoms with Crippen molar-refractivity contribution in [2.75, 3.05) is 5.73 Å². The van der Waals surface area contributed by atoms with Crippen LogP contribution in [-0.2, 0) is 5.41 Å². The van der Waals surface area contributed by atoms with Crippen LogP contribution in [0.25, 0.3) is 0 Å². The zero-order chi connectivity index (χ0) is 10.1. The van der Waals surface area contributed by atoms with Crippen molar-refractivity contribution in [2.45, 2.75) is 33.1 Å². The summed E-state index contributed by atoms with van der Waals surface area (Å²) in [4.78, 5) is 1.29. The molecule has 0 unspecified atom stereocenters. The second kappa shape index (κ2) is 3.43. The Labute approximate surface area is 84.0 Å². The molecule has 0 aliphatic heterocycles. The molecule has 0 aliphatic carbocycles. The monoisotopic (exact) mass is 193 g/mol. The Hall–Kier alpha value is -0.940. The van der Waals surface area contributed by atoms with Gasteiger partial charge in [0.2, 0.25) is 0 Å². The van der Waals surface area contributed by atoms with Crippen molar-refractivity contribution < 1.29 is 0 Å². The number of hydrogen-bond donors (Lipinski definition) is 1. The van der Waals surface area contributed by atoms with Gasteiger partial charge in [-0.1, -0.05) is 26.7 Å². The van der Waals surface area contributed by atoms with E-state index >= 15 is 0 Å². The van der Waals surface area contributed by atoms with Gasteiger partial charge in [0.1, 0.15) is 5.00 Å². The first kappa shape index (κ1) is 10.1. The zero-order valence-electron chi connectivity index (χ0n) is 8.56. The minimum absolute atomic E-state index is 0.173. The molecule has 0 aromatic carbocycles. The molecule has 0 atom stereocenters. The van der Waals surface area contributed by atoms with Crippen LogP contribution in [0, 0.1) is 11.8 Å². The average Bonchev–Trinajstić information content (AvgIpc) is 2.32. The quantitative estimate of drug-likeness (QED) is 0.630. The molecule has 13 heavy (non-hydrogen) atoms. The van der Waals surface area contributed by atoms with Gasteiger partial charge in [0, 0.05) is 4.88 Å². The molecule has 0 saturated heterocycles. The largest absolute Gasteiger partial charge is 0.390 e. The lowest BCUT2D eigenvalue weighted by atomic mass is 9.94. The Bertz CT molecular complexity index is 358. The summed E-state index contributed by atoms with van der Waals surface area (Å²) in [7, 11) is 0. The van der Waals surface area contributed by atoms with Gasteiger partial charge in [0.15, 0.2) is 0 Å². The lowest BCUT2D eigenvalue weighted by molar-refractivity contribution is 0.604. The highest BCUT2D eigenvalue weighted by Crippen LogP contribution is 2.33. The van der Waals surface area contributed by atoms with E-state index in [4.69, 9.17) is 5.73 Å². The van der Waals surface area contributed by atoms with Crippen molar-refractivity contribution in [1.82, 2.24) is 0 Å². The summed E-state index contributed by atoms with van der Waals surface area (Å²) in [6.45, 7) is 8.37. The molecule has 0 radical (unpaired) electrons. The third kappa shape index (κ3) is 2.26. The van der Waals surface area contributed by atoms with Gasteiger partial charge < -0.3 is 5.73 Å². The van der Waals surface area contributed by atoms with E-state index in [0.29, 0.717) is 0 Å². The maximum atomic E-state index is 5.84. The van der Waals surface area contributed by atoms with Crippen molar-refractivity contribution >= 4 is 16.3 Å². The molecular formula is C11H15NS. The zero-order valence-corrected chi connectivity index (χ0v) is 9.38. The van der Waals surface area contributed by atoms with E-state index in [1.807, 2.05) is 6.92 Å². The van der Waals surface area contributed by atoms with Gasteiger partial charge in [-0.2, -0.15) is 0 Å². The first-order chi connectivity index (χ1) is 5.95. The number of nitrogens with two attached hydrogens (primary N) is 1. The molecule has 0 bridgehead atoms. The van der Waals surface area contributed by atoms with Crippen LogP contribution in [0.2, 0.25) is 0 Å². The maximum Gasteiger partial charge on any atom is 0.102 e. The number of nitrogen functional groups attached to an aromatic ring is 1. The summed E-state index contributed by atoms with van der Waals surface area (Å²) in [5.74, 6) is 5.87. The number of thiophene rings is 1. The summed E-state index contributed by atoms with van der Waals surface area (Å²) >= 11 is 1.64. The van der Waals surface area contributed by atoms with Gasteiger partial charge in [-0.25, -0.2) is 0 Å². The molecule has 0 saturated carbocycles. The van der Waals surface area contributed by atoms with Crippen LogP contribution >= 0.6 is 11.3 Å². The fourth-order valence-corrected chi connectivity index (χ4v) is 1.95. The molecule has 0 amide bonds. The van der Waals surface area contributed by atoms with Crippen molar-refractivity contribution in [2.24, 2.45) is 0 Å². The second-order valence-electron chi connectivity index (χ2n) is 4.01. The van der Waals surface area contributed by atoms with Crippen LogP contribution in [0.4, 0.5) is 5.00 Å². The van der Waals surface area contributed by atoms with Gasteiger partial charge >= 0.3 is 0 Å². The molecule has 70 valence electrons. The van der Waals surface area contributed by atoms with Crippen molar-refractivity contribution in [3.63, 3.8) is 0 Å². The van der Waals surface area contributed by atoms with Gasteiger partial charge in [-0.3, -0.25) is 0 Å². The van der Waals surface area contributed by atoms with Crippen LogP contribution in [0.1, 0.15) is 38.1 Å². The number of anilines is 1. The minimum Gasteiger partial charge on any atom is -0.390 e. The summed E-state index contributed by atoms with van der Waals surface area (Å²) < 4.78 is 0. The summed E-state index contributed by atoms with van der Waals surface area (Å²) in [5.41, 5.74) is 6.98. The van der Waals surface area contributed by atoms with Crippen LogP contribution in [0.5, 0.6) is 0 Å². The molecule has 0 spiro atoms. The maximum absolute atomic E-state index is 5.84. The Balaban J connectivity index is 3.14. The Morgan fingerprint density at radius 3 is 2.38 bits per heavy atom. The topological polar surface area (TPSA) is 26.0 Å². The number of rotatable bonds is 0. The lowest BCUT2D eigenvalue weighted by Gasteiger charge is -2.14. The summed E-state index contributed by atoms with van der Waals surface area (Å²) in [5, 5.41) is 0.833. The lowest BCUT2D eigenvalue weighted by Crippen LogP contribution is -2.07. The SMILES string of the molecule is CC#Cc1cc(C(C)(C)C)sc1N. The van der Waals surface area contributed by atoms with Crippen molar-refractivity contribution in [3.8, 4) is 11.8 Å². The molecular weight excluding hydrogens is 178 g/mol. The molecule has 1 rings (SSSR count). The van der Waals surface area contributed by atoms with E-state index in [9.17, 15) is 0 Å². The van der Waals surface area contributed by atoms with Gasteiger partial charge in [-0.15, -0.1) is 17.3 Å². The highest BCUT2D eigenvalue weighted by Gasteiger charge is 2.17. The standard InChI is InChI=1S/C11H15NS/c1-5-6-8-7-9(11(2,3)4)13-10(8)12/h7H,12H2,1-4H3. The minimum atomic E-state index is 0.173. The van der Waals surface area contributed by atoms with E-state index in [2.05, 4.69) is 38.7 Å². The van der Waals surface area contributed by atoms with Crippen LogP contribution in [-0.4, -0.2) is 0 Å². The van der Waals surface area contributed by atoms with E-state index in [0.717, 1.165) is 10.6 Å². The van der Waals surface area contributed by atoms with E-state index < -0.39 is 0 Å². The molecule has 0 aliphatic rings. The van der Waals surface area contributed by atoms with Crippen LogP contribution in [0.3, 0.4) is 0 Å². The molecule has 1 heterocycles. The molecule has 0 fully saturated rings. The fraction of sp³-hybridized carbons (Fsp3) is 0.455.